The Balaban J connectivity index is 1.45. The lowest BCUT2D eigenvalue weighted by atomic mass is 9.99. The molecule has 0 bridgehead atoms. The molecule has 0 radical (unpaired) electrons. The molecule has 4 rings (SSSR count). The fourth-order valence-electron chi connectivity index (χ4n) is 5.12. The summed E-state index contributed by atoms with van der Waals surface area (Å²) in [5.74, 6) is -1.46. The molecule has 10 nitrogen and oxygen atoms in total. The van der Waals surface area contributed by atoms with Crippen molar-refractivity contribution in [1.82, 2.24) is 21.3 Å². The largest absolute Gasteiger partial charge is 0.362 e. The topological polar surface area (TPSA) is 146 Å². The number of ketones is 1. The average Bonchev–Trinajstić information content (AvgIpc) is 3.96. The molecule has 2 aromatic rings. The van der Waals surface area contributed by atoms with Crippen LogP contribution in [0.4, 0.5) is 0 Å². The number of hydrogen-bond donors (Lipinski definition) is 4. The number of rotatable bonds is 18. The van der Waals surface area contributed by atoms with Crippen LogP contribution in [0.25, 0.3) is 0 Å². The van der Waals surface area contributed by atoms with Crippen molar-refractivity contribution in [3.8, 4) is 0 Å². The SMILES string of the molecule is CC(C)C[C@H](NC(=O)[C@H](CCc1ccccc1)NC(=O)CC1CC1)C(=O)N[C@@H](Cc1ccccc1)C(=O)NCC(=O)[C@@]1(C)CO1. The Hall–Kier alpha value is -4.05. The van der Waals surface area contributed by atoms with Gasteiger partial charge in [-0.15, -0.1) is 0 Å². The Morgan fingerprint density at radius 3 is 1.96 bits per heavy atom. The van der Waals surface area contributed by atoms with Crippen molar-refractivity contribution in [3.05, 3.63) is 71.8 Å². The Kier molecular flexibility index (Phi) is 11.9. The van der Waals surface area contributed by atoms with Gasteiger partial charge < -0.3 is 26.0 Å². The maximum Gasteiger partial charge on any atom is 0.243 e. The average molecular weight is 619 g/mol. The summed E-state index contributed by atoms with van der Waals surface area (Å²) in [6, 6.07) is 16.2. The van der Waals surface area contributed by atoms with Crippen LogP contribution in [0.3, 0.4) is 0 Å². The maximum atomic E-state index is 13.7. The number of epoxide rings is 1. The molecule has 1 heterocycles. The smallest absolute Gasteiger partial charge is 0.243 e. The van der Waals surface area contributed by atoms with E-state index in [9.17, 15) is 24.0 Å². The summed E-state index contributed by atoms with van der Waals surface area (Å²) in [5.41, 5.74) is 0.993. The van der Waals surface area contributed by atoms with Gasteiger partial charge in [0.05, 0.1) is 13.2 Å². The van der Waals surface area contributed by atoms with Crippen LogP contribution >= 0.6 is 0 Å². The molecule has 10 heteroatoms. The third-order valence-electron chi connectivity index (χ3n) is 8.23. The van der Waals surface area contributed by atoms with E-state index in [1.807, 2.05) is 74.5 Å². The second-order valence-electron chi connectivity index (χ2n) is 12.9. The van der Waals surface area contributed by atoms with E-state index in [0.717, 1.165) is 24.0 Å². The first-order chi connectivity index (χ1) is 21.5. The van der Waals surface area contributed by atoms with E-state index in [1.165, 1.54) is 0 Å². The van der Waals surface area contributed by atoms with Crippen molar-refractivity contribution < 1.29 is 28.7 Å². The number of carbonyl (C=O) groups excluding carboxylic acids is 5. The molecule has 4 N–H and O–H groups in total. The lowest BCUT2D eigenvalue weighted by Crippen LogP contribution is -2.57. The van der Waals surface area contributed by atoms with Crippen molar-refractivity contribution >= 4 is 29.4 Å². The lowest BCUT2D eigenvalue weighted by molar-refractivity contribution is -0.134. The van der Waals surface area contributed by atoms with Crippen LogP contribution in [0.5, 0.6) is 0 Å². The first kappa shape index (κ1) is 33.8. The van der Waals surface area contributed by atoms with Gasteiger partial charge >= 0.3 is 0 Å². The van der Waals surface area contributed by atoms with Gasteiger partial charge in [0, 0.05) is 12.8 Å². The summed E-state index contributed by atoms with van der Waals surface area (Å²) in [4.78, 5) is 65.8. The second-order valence-corrected chi connectivity index (χ2v) is 12.9. The molecule has 4 amide bonds. The quantitative estimate of drug-likeness (QED) is 0.189. The first-order valence-corrected chi connectivity index (χ1v) is 16.0. The van der Waals surface area contributed by atoms with Gasteiger partial charge in [0.25, 0.3) is 0 Å². The Morgan fingerprint density at radius 2 is 1.38 bits per heavy atom. The minimum atomic E-state index is -0.987. The van der Waals surface area contributed by atoms with Gasteiger partial charge in [-0.1, -0.05) is 74.5 Å². The van der Waals surface area contributed by atoms with Crippen LogP contribution in [0.15, 0.2) is 60.7 Å². The van der Waals surface area contributed by atoms with Gasteiger partial charge in [-0.3, -0.25) is 24.0 Å². The normalized spacial score (nSPS) is 19.1. The highest BCUT2D eigenvalue weighted by atomic mass is 16.6. The molecule has 2 aromatic carbocycles. The highest BCUT2D eigenvalue weighted by molar-refractivity contribution is 5.97. The van der Waals surface area contributed by atoms with E-state index in [1.54, 1.807) is 6.92 Å². The fraction of sp³-hybridized carbons (Fsp3) is 0.514. The third kappa shape index (κ3) is 11.1. The molecule has 0 unspecified atom stereocenters. The molecule has 1 saturated heterocycles. The van der Waals surface area contributed by atoms with Gasteiger partial charge in [0.2, 0.25) is 23.6 Å². The summed E-state index contributed by atoms with van der Waals surface area (Å²) in [6.07, 6.45) is 3.89. The number of hydrogen-bond acceptors (Lipinski definition) is 6. The molecule has 1 saturated carbocycles. The first-order valence-electron chi connectivity index (χ1n) is 16.0. The van der Waals surface area contributed by atoms with Crippen LogP contribution in [-0.2, 0) is 41.6 Å². The summed E-state index contributed by atoms with van der Waals surface area (Å²) in [6.45, 7) is 5.65. The van der Waals surface area contributed by atoms with Gasteiger partial charge in [-0.2, -0.15) is 0 Å². The Bertz CT molecular complexity index is 1320. The molecular formula is C35H46N4O6. The lowest BCUT2D eigenvalue weighted by Gasteiger charge is -2.26. The van der Waals surface area contributed by atoms with Crippen LogP contribution in [-0.4, -0.2) is 66.3 Å². The molecule has 1 aliphatic heterocycles. The van der Waals surface area contributed by atoms with Crippen LogP contribution in [0.1, 0.15) is 64.0 Å². The highest BCUT2D eigenvalue weighted by Gasteiger charge is 2.46. The van der Waals surface area contributed by atoms with Crippen molar-refractivity contribution in [2.75, 3.05) is 13.2 Å². The van der Waals surface area contributed by atoms with E-state index in [0.29, 0.717) is 38.2 Å². The Morgan fingerprint density at radius 1 is 0.800 bits per heavy atom. The minimum absolute atomic E-state index is 0.0478. The van der Waals surface area contributed by atoms with Gasteiger partial charge in [0.15, 0.2) is 5.78 Å². The van der Waals surface area contributed by atoms with E-state index < -0.39 is 41.4 Å². The summed E-state index contributed by atoms with van der Waals surface area (Å²) >= 11 is 0. The van der Waals surface area contributed by atoms with E-state index in [2.05, 4.69) is 21.3 Å². The highest BCUT2D eigenvalue weighted by Crippen LogP contribution is 2.32. The predicted octanol–water partition coefficient (Wildman–Crippen LogP) is 2.64. The molecule has 45 heavy (non-hydrogen) atoms. The zero-order chi connectivity index (χ0) is 32.4. The number of benzene rings is 2. The number of aryl methyl sites for hydroxylation is 1. The van der Waals surface area contributed by atoms with Crippen LogP contribution in [0, 0.1) is 11.8 Å². The summed E-state index contributed by atoms with van der Waals surface area (Å²) < 4.78 is 5.19. The number of nitrogens with one attached hydrogen (secondary N) is 4. The van der Waals surface area contributed by atoms with Gasteiger partial charge in [0.1, 0.15) is 23.7 Å². The van der Waals surface area contributed by atoms with Crippen molar-refractivity contribution in [1.29, 1.82) is 0 Å². The molecule has 1 aliphatic carbocycles. The van der Waals surface area contributed by atoms with Crippen molar-refractivity contribution in [3.63, 3.8) is 0 Å². The van der Waals surface area contributed by atoms with Crippen LogP contribution in [0.2, 0.25) is 0 Å². The van der Waals surface area contributed by atoms with E-state index >= 15 is 0 Å². The zero-order valence-electron chi connectivity index (χ0n) is 26.5. The van der Waals surface area contributed by atoms with Crippen molar-refractivity contribution in [2.45, 2.75) is 89.4 Å². The number of amides is 4. The summed E-state index contributed by atoms with van der Waals surface area (Å²) in [7, 11) is 0. The molecule has 2 aliphatic rings. The maximum absolute atomic E-state index is 13.7. The van der Waals surface area contributed by atoms with E-state index in [4.69, 9.17) is 4.74 Å². The number of ether oxygens (including phenoxy) is 1. The monoisotopic (exact) mass is 618 g/mol. The van der Waals surface area contributed by atoms with Crippen molar-refractivity contribution in [2.24, 2.45) is 11.8 Å². The fourth-order valence-corrected chi connectivity index (χ4v) is 5.12. The number of carbonyl (C=O) groups is 5. The third-order valence-corrected chi connectivity index (χ3v) is 8.23. The summed E-state index contributed by atoms with van der Waals surface area (Å²) in [5, 5.41) is 11.3. The van der Waals surface area contributed by atoms with Gasteiger partial charge in [-0.25, -0.2) is 0 Å². The molecule has 4 atom stereocenters. The molecular weight excluding hydrogens is 572 g/mol. The molecule has 2 fully saturated rings. The second kappa shape index (κ2) is 15.8. The number of Topliss-reactive ketones (excluding diaryl/α,β-unsaturated/α-hetero) is 1. The Labute approximate surface area is 265 Å². The standard InChI is InChI=1S/C35H46N4O6/c1-23(2)18-28(38-33(43)27(37-31(41)20-26-14-15-26)17-16-24-10-6-4-7-11-24)34(44)39-29(19-25-12-8-5-9-13-25)32(42)36-21-30(40)35(3)22-45-35/h4-13,23,26-29H,14-22H2,1-3H3,(H,36,42)(H,37,41)(H,38,43)(H,39,44)/t27-,28-,29-,35+/m0/s1. The predicted molar refractivity (Wildman–Crippen MR) is 170 cm³/mol. The van der Waals surface area contributed by atoms with E-state index in [-0.39, 0.29) is 30.6 Å². The minimum Gasteiger partial charge on any atom is -0.362 e. The molecule has 0 spiro atoms. The molecule has 242 valence electrons. The van der Waals surface area contributed by atoms with Crippen LogP contribution < -0.4 is 21.3 Å². The zero-order valence-corrected chi connectivity index (χ0v) is 26.5. The van der Waals surface area contributed by atoms with Gasteiger partial charge in [-0.05, 0) is 62.0 Å². The molecule has 0 aromatic heterocycles.